The second-order valence-corrected chi connectivity index (χ2v) is 18.1. The van der Waals surface area contributed by atoms with Gasteiger partial charge in [0.25, 0.3) is 0 Å². The fraction of sp³-hybridized carbons (Fsp3) is 0.0462. The van der Waals surface area contributed by atoms with Crippen LogP contribution in [0.4, 0.5) is 34.1 Å². The van der Waals surface area contributed by atoms with Gasteiger partial charge in [0, 0.05) is 39.5 Å². The van der Waals surface area contributed by atoms with Crippen LogP contribution in [0.1, 0.15) is 25.0 Å². The van der Waals surface area contributed by atoms with Gasteiger partial charge in [-0.3, -0.25) is 0 Å². The third-order valence-electron chi connectivity index (χ3n) is 13.8. The Morgan fingerprint density at radius 1 is 0.269 bits per heavy atom. The van der Waals surface area contributed by atoms with E-state index < -0.39 is 0 Å². The van der Waals surface area contributed by atoms with Crippen molar-refractivity contribution < 1.29 is 0 Å². The summed E-state index contributed by atoms with van der Waals surface area (Å²) in [5.41, 5.74) is 18.8. The van der Waals surface area contributed by atoms with Gasteiger partial charge in [0.2, 0.25) is 0 Å². The summed E-state index contributed by atoms with van der Waals surface area (Å²) in [6, 6.07) is 93.3. The van der Waals surface area contributed by atoms with Gasteiger partial charge in [-0.1, -0.05) is 202 Å². The van der Waals surface area contributed by atoms with Crippen LogP contribution in [0.3, 0.4) is 0 Å². The molecule has 0 unspecified atom stereocenters. The van der Waals surface area contributed by atoms with Crippen LogP contribution in [0.15, 0.2) is 255 Å². The highest BCUT2D eigenvalue weighted by Gasteiger charge is 2.37. The molecule has 0 atom stereocenters. The second-order valence-electron chi connectivity index (χ2n) is 18.1. The predicted octanol–water partition coefficient (Wildman–Crippen LogP) is 18.2. The molecule has 0 aliphatic heterocycles. The Bertz CT molecular complexity index is 3560. The Morgan fingerprint density at radius 2 is 0.776 bits per heavy atom. The summed E-state index contributed by atoms with van der Waals surface area (Å²) in [5.74, 6) is 0. The van der Waals surface area contributed by atoms with E-state index in [0.717, 1.165) is 39.7 Å². The molecule has 318 valence electrons. The van der Waals surface area contributed by atoms with Crippen molar-refractivity contribution in [2.24, 2.45) is 0 Å². The largest absolute Gasteiger partial charge is 0.310 e. The van der Waals surface area contributed by atoms with Crippen LogP contribution < -0.4 is 9.80 Å². The summed E-state index contributed by atoms with van der Waals surface area (Å²) in [6.45, 7) is 4.77. The van der Waals surface area contributed by atoms with Crippen molar-refractivity contribution in [1.82, 2.24) is 0 Å². The van der Waals surface area contributed by atoms with Crippen molar-refractivity contribution in [3.8, 4) is 44.5 Å². The Balaban J connectivity index is 1.14. The minimum Gasteiger partial charge on any atom is -0.310 e. The maximum absolute atomic E-state index is 2.48. The molecule has 2 heteroatoms. The van der Waals surface area contributed by atoms with Crippen molar-refractivity contribution in [3.63, 3.8) is 0 Å². The van der Waals surface area contributed by atoms with E-state index >= 15 is 0 Å². The SMILES string of the molecule is CC1(C)c2cc(N(c3cc(-c4ccc5ccccc5c4-c4ccccc4)cc(N(c4ccccc4)c4ccccc4)c3)c3ccc4ccccc4c3)ccc2-c2c(-c3ccccc3)cccc21. The third-order valence-corrected chi connectivity index (χ3v) is 13.8. The number of nitrogens with zero attached hydrogens (tertiary/aromatic N) is 2. The molecule has 0 fully saturated rings. The molecule has 0 heterocycles. The number of hydrogen-bond donors (Lipinski definition) is 0. The summed E-state index contributed by atoms with van der Waals surface area (Å²) in [7, 11) is 0. The summed E-state index contributed by atoms with van der Waals surface area (Å²) >= 11 is 0. The number of rotatable bonds is 9. The normalized spacial score (nSPS) is 12.4. The quantitative estimate of drug-likeness (QED) is 0.143. The van der Waals surface area contributed by atoms with Crippen molar-refractivity contribution in [1.29, 1.82) is 0 Å². The minimum atomic E-state index is -0.235. The molecule has 11 aromatic carbocycles. The maximum Gasteiger partial charge on any atom is 0.0488 e. The zero-order valence-corrected chi connectivity index (χ0v) is 37.6. The number of para-hydroxylation sites is 2. The van der Waals surface area contributed by atoms with Gasteiger partial charge in [-0.25, -0.2) is 0 Å². The fourth-order valence-electron chi connectivity index (χ4n) is 10.6. The first kappa shape index (κ1) is 40.1. The average molecular weight is 857 g/mol. The first-order valence-corrected chi connectivity index (χ1v) is 23.3. The van der Waals surface area contributed by atoms with Crippen molar-refractivity contribution in [3.05, 3.63) is 266 Å². The van der Waals surface area contributed by atoms with E-state index in [-0.39, 0.29) is 5.41 Å². The molecule has 0 saturated carbocycles. The van der Waals surface area contributed by atoms with Crippen LogP contribution in [0.2, 0.25) is 0 Å². The van der Waals surface area contributed by atoms with Crippen LogP contribution in [-0.4, -0.2) is 0 Å². The topological polar surface area (TPSA) is 6.48 Å². The number of fused-ring (bicyclic) bond motifs is 5. The molecule has 0 saturated heterocycles. The van der Waals surface area contributed by atoms with Gasteiger partial charge in [0.05, 0.1) is 0 Å². The van der Waals surface area contributed by atoms with E-state index in [9.17, 15) is 0 Å². The monoisotopic (exact) mass is 856 g/mol. The lowest BCUT2D eigenvalue weighted by Crippen LogP contribution is -2.17. The average Bonchev–Trinajstić information content (AvgIpc) is 3.62. The summed E-state index contributed by atoms with van der Waals surface area (Å²) in [5, 5.41) is 4.84. The molecule has 0 amide bonds. The van der Waals surface area contributed by atoms with E-state index in [1.54, 1.807) is 0 Å². The van der Waals surface area contributed by atoms with Crippen LogP contribution in [-0.2, 0) is 5.41 Å². The van der Waals surface area contributed by atoms with Gasteiger partial charge >= 0.3 is 0 Å². The molecule has 0 aromatic heterocycles. The van der Waals surface area contributed by atoms with Crippen LogP contribution in [0.25, 0.3) is 66.1 Å². The van der Waals surface area contributed by atoms with E-state index in [2.05, 4.69) is 278 Å². The van der Waals surface area contributed by atoms with Crippen LogP contribution >= 0.6 is 0 Å². The molecular formula is C65H48N2. The molecule has 0 radical (unpaired) electrons. The lowest BCUT2D eigenvalue weighted by molar-refractivity contribution is 0.660. The molecule has 1 aliphatic carbocycles. The summed E-state index contributed by atoms with van der Waals surface area (Å²) in [4.78, 5) is 4.87. The molecule has 67 heavy (non-hydrogen) atoms. The summed E-state index contributed by atoms with van der Waals surface area (Å²) in [6.07, 6.45) is 0. The van der Waals surface area contributed by atoms with E-state index in [4.69, 9.17) is 0 Å². The second kappa shape index (κ2) is 16.5. The van der Waals surface area contributed by atoms with Gasteiger partial charge < -0.3 is 9.80 Å². The van der Waals surface area contributed by atoms with E-state index in [0.29, 0.717) is 0 Å². The molecular weight excluding hydrogens is 809 g/mol. The highest BCUT2D eigenvalue weighted by Crippen LogP contribution is 2.54. The third kappa shape index (κ3) is 7.06. The molecule has 2 nitrogen and oxygen atoms in total. The summed E-state index contributed by atoms with van der Waals surface area (Å²) < 4.78 is 0. The van der Waals surface area contributed by atoms with Crippen molar-refractivity contribution in [2.45, 2.75) is 19.3 Å². The van der Waals surface area contributed by atoms with Crippen molar-refractivity contribution in [2.75, 3.05) is 9.80 Å². The lowest BCUT2D eigenvalue weighted by atomic mass is 9.81. The van der Waals surface area contributed by atoms with Gasteiger partial charge in [-0.05, 0) is 144 Å². The van der Waals surface area contributed by atoms with Gasteiger partial charge in [0.15, 0.2) is 0 Å². The van der Waals surface area contributed by atoms with E-state index in [1.165, 1.54) is 71.6 Å². The Labute approximate surface area is 393 Å². The molecule has 0 N–H and O–H groups in total. The Hall–Kier alpha value is -8.46. The van der Waals surface area contributed by atoms with E-state index in [1.807, 2.05) is 0 Å². The molecule has 0 bridgehead atoms. The first-order chi connectivity index (χ1) is 33.0. The highest BCUT2D eigenvalue weighted by molar-refractivity contribution is 6.05. The predicted molar refractivity (Wildman–Crippen MR) is 285 cm³/mol. The molecule has 1 aliphatic rings. The van der Waals surface area contributed by atoms with Gasteiger partial charge in [0.1, 0.15) is 0 Å². The molecule has 11 aromatic rings. The maximum atomic E-state index is 2.48. The van der Waals surface area contributed by atoms with Gasteiger partial charge in [-0.2, -0.15) is 0 Å². The number of anilines is 6. The first-order valence-electron chi connectivity index (χ1n) is 23.3. The fourth-order valence-corrected chi connectivity index (χ4v) is 10.6. The van der Waals surface area contributed by atoms with Gasteiger partial charge in [-0.15, -0.1) is 0 Å². The molecule has 0 spiro atoms. The molecule has 12 rings (SSSR count). The Morgan fingerprint density at radius 3 is 1.46 bits per heavy atom. The minimum absolute atomic E-state index is 0.235. The number of hydrogen-bond acceptors (Lipinski definition) is 2. The lowest BCUT2D eigenvalue weighted by Gasteiger charge is -2.31. The Kier molecular flexibility index (Phi) is 9.88. The zero-order chi connectivity index (χ0) is 44.9. The smallest absolute Gasteiger partial charge is 0.0488 e. The zero-order valence-electron chi connectivity index (χ0n) is 37.6. The standard InChI is InChI=1S/C65H48N2/c1-65(2)61-33-19-32-58(46-21-7-3-8-22-46)64(61)60-39-37-54(44-62(60)65)67(53-36-34-45-20-15-16-26-49(45)40-53)56-42-50(41-55(43-56)66(51-27-11-5-12-28-51)52-29-13-6-14-30-52)59-38-35-47-23-17-18-31-57(47)63(59)48-24-9-4-10-25-48/h3-44H,1-2H3. The highest BCUT2D eigenvalue weighted by atomic mass is 15.2. The van der Waals surface area contributed by atoms with Crippen molar-refractivity contribution >= 4 is 55.7 Å². The number of benzene rings is 11. The van der Waals surface area contributed by atoms with Crippen LogP contribution in [0.5, 0.6) is 0 Å². The van der Waals surface area contributed by atoms with Crippen LogP contribution in [0, 0.1) is 0 Å².